The van der Waals surface area contributed by atoms with E-state index in [0.29, 0.717) is 15.7 Å². The van der Waals surface area contributed by atoms with E-state index in [2.05, 4.69) is 15.9 Å². The molecule has 0 bridgehead atoms. The van der Waals surface area contributed by atoms with Gasteiger partial charge in [0.05, 0.1) is 17.2 Å². The number of nitrogen functional groups attached to an aromatic ring is 1. The fourth-order valence-corrected chi connectivity index (χ4v) is 2.22. The van der Waals surface area contributed by atoms with Crippen molar-refractivity contribution in [3.8, 4) is 6.07 Å². The molecule has 2 N–H and O–H groups in total. The van der Waals surface area contributed by atoms with Gasteiger partial charge in [0.25, 0.3) is 0 Å². The van der Waals surface area contributed by atoms with Crippen molar-refractivity contribution in [2.75, 3.05) is 5.73 Å². The smallest absolute Gasteiger partial charge is 0.338 e. The van der Waals surface area contributed by atoms with Crippen LogP contribution in [0.1, 0.15) is 21.5 Å². The average Bonchev–Trinajstić information content (AvgIpc) is 2.45. The second-order valence-electron chi connectivity index (χ2n) is 4.27. The van der Waals surface area contributed by atoms with E-state index in [4.69, 9.17) is 15.7 Å². The number of carbonyl (C=O) groups is 1. The van der Waals surface area contributed by atoms with Crippen LogP contribution in [0.5, 0.6) is 0 Å². The number of nitrogens with zero attached hydrogens (tertiary/aromatic N) is 1. The Morgan fingerprint density at radius 2 is 2.10 bits per heavy atom. The molecular weight excluding hydrogens is 339 g/mol. The van der Waals surface area contributed by atoms with E-state index in [9.17, 15) is 9.18 Å². The summed E-state index contributed by atoms with van der Waals surface area (Å²) in [5.41, 5.74) is 6.75. The summed E-state index contributed by atoms with van der Waals surface area (Å²) in [7, 11) is 0. The molecule has 0 radical (unpaired) electrons. The molecule has 0 atom stereocenters. The summed E-state index contributed by atoms with van der Waals surface area (Å²) >= 11 is 3.22. The van der Waals surface area contributed by atoms with E-state index >= 15 is 0 Å². The molecule has 2 aromatic carbocycles. The fourth-order valence-electron chi connectivity index (χ4n) is 1.71. The Morgan fingerprint density at radius 1 is 1.33 bits per heavy atom. The molecule has 0 spiro atoms. The normalized spacial score (nSPS) is 9.95. The number of nitriles is 1. The Kier molecular flexibility index (Phi) is 4.55. The van der Waals surface area contributed by atoms with Gasteiger partial charge in [0.15, 0.2) is 0 Å². The Bertz CT molecular complexity index is 721. The molecule has 0 unspecified atom stereocenters. The van der Waals surface area contributed by atoms with Gasteiger partial charge in [-0.3, -0.25) is 0 Å². The first-order valence-corrected chi connectivity index (χ1v) is 6.70. The lowest BCUT2D eigenvalue weighted by Crippen LogP contribution is -2.07. The molecule has 0 saturated carbocycles. The van der Waals surface area contributed by atoms with Gasteiger partial charge < -0.3 is 10.5 Å². The van der Waals surface area contributed by atoms with Gasteiger partial charge in [0.2, 0.25) is 0 Å². The molecule has 2 rings (SSSR count). The lowest BCUT2D eigenvalue weighted by Gasteiger charge is -2.07. The molecular formula is C15H10BrFN2O2. The van der Waals surface area contributed by atoms with Crippen molar-refractivity contribution in [3.05, 3.63) is 63.4 Å². The van der Waals surface area contributed by atoms with Gasteiger partial charge in [-0.05, 0) is 36.4 Å². The molecule has 0 fully saturated rings. The van der Waals surface area contributed by atoms with Crippen molar-refractivity contribution < 1.29 is 13.9 Å². The number of halogens is 2. The summed E-state index contributed by atoms with van der Waals surface area (Å²) in [6, 6.07) is 10.4. The standard InChI is InChI=1S/C15H10BrFN2O2/c16-12-4-10(5-13(19)6-12)15(20)21-8-11-3-9(7-18)1-2-14(11)17/h1-6H,8,19H2. The zero-order valence-corrected chi connectivity index (χ0v) is 12.4. The van der Waals surface area contributed by atoms with Crippen molar-refractivity contribution in [1.29, 1.82) is 5.26 Å². The van der Waals surface area contributed by atoms with E-state index in [1.165, 1.54) is 24.3 Å². The topological polar surface area (TPSA) is 76.1 Å². The maximum atomic E-state index is 13.6. The summed E-state index contributed by atoms with van der Waals surface area (Å²) in [6.45, 7) is -0.257. The van der Waals surface area contributed by atoms with E-state index < -0.39 is 11.8 Å². The van der Waals surface area contributed by atoms with Gasteiger partial charge in [-0.2, -0.15) is 5.26 Å². The van der Waals surface area contributed by atoms with Gasteiger partial charge in [-0.15, -0.1) is 0 Å². The molecule has 0 saturated heterocycles. The molecule has 2 aromatic rings. The van der Waals surface area contributed by atoms with E-state index in [0.717, 1.165) is 0 Å². The van der Waals surface area contributed by atoms with Gasteiger partial charge in [0, 0.05) is 15.7 Å². The minimum absolute atomic E-state index is 0.144. The number of benzene rings is 2. The third-order valence-corrected chi connectivity index (χ3v) is 3.15. The van der Waals surface area contributed by atoms with Gasteiger partial charge in [0.1, 0.15) is 12.4 Å². The second-order valence-corrected chi connectivity index (χ2v) is 5.18. The second kappa shape index (κ2) is 6.37. The van der Waals surface area contributed by atoms with Crippen LogP contribution in [0.3, 0.4) is 0 Å². The third kappa shape index (κ3) is 3.80. The van der Waals surface area contributed by atoms with Gasteiger partial charge >= 0.3 is 5.97 Å². The number of hydrogen-bond donors (Lipinski definition) is 1. The van der Waals surface area contributed by atoms with Crippen LogP contribution in [0.15, 0.2) is 40.9 Å². The van der Waals surface area contributed by atoms with Crippen LogP contribution in [0, 0.1) is 17.1 Å². The van der Waals surface area contributed by atoms with Gasteiger partial charge in [-0.1, -0.05) is 15.9 Å². The highest BCUT2D eigenvalue weighted by molar-refractivity contribution is 9.10. The van der Waals surface area contributed by atoms with Crippen LogP contribution in [0.25, 0.3) is 0 Å². The van der Waals surface area contributed by atoms with Crippen LogP contribution >= 0.6 is 15.9 Å². The van der Waals surface area contributed by atoms with Crippen LogP contribution in [-0.2, 0) is 11.3 Å². The average molecular weight is 349 g/mol. The maximum Gasteiger partial charge on any atom is 0.338 e. The zero-order valence-electron chi connectivity index (χ0n) is 10.8. The van der Waals surface area contributed by atoms with Crippen LogP contribution in [-0.4, -0.2) is 5.97 Å². The van der Waals surface area contributed by atoms with Crippen molar-refractivity contribution in [3.63, 3.8) is 0 Å². The monoisotopic (exact) mass is 348 g/mol. The molecule has 0 heterocycles. The number of esters is 1. The molecule has 4 nitrogen and oxygen atoms in total. The van der Waals surface area contributed by atoms with Crippen LogP contribution in [0.2, 0.25) is 0 Å². The molecule has 21 heavy (non-hydrogen) atoms. The number of rotatable bonds is 3. The molecule has 0 aliphatic carbocycles. The van der Waals surface area contributed by atoms with Crippen molar-refractivity contribution >= 4 is 27.6 Å². The maximum absolute atomic E-state index is 13.6. The molecule has 0 aliphatic rings. The first-order chi connectivity index (χ1) is 9.99. The Hall–Kier alpha value is -2.39. The quantitative estimate of drug-likeness (QED) is 0.681. The number of carbonyl (C=O) groups excluding carboxylic acids is 1. The molecule has 0 amide bonds. The summed E-state index contributed by atoms with van der Waals surface area (Å²) in [5.74, 6) is -1.15. The summed E-state index contributed by atoms with van der Waals surface area (Å²) in [5, 5.41) is 8.77. The van der Waals surface area contributed by atoms with Crippen LogP contribution < -0.4 is 5.73 Å². The number of hydrogen-bond acceptors (Lipinski definition) is 4. The van der Waals surface area contributed by atoms with E-state index in [1.807, 2.05) is 6.07 Å². The van der Waals surface area contributed by atoms with E-state index in [-0.39, 0.29) is 17.7 Å². The van der Waals surface area contributed by atoms with Crippen molar-refractivity contribution in [1.82, 2.24) is 0 Å². The highest BCUT2D eigenvalue weighted by Gasteiger charge is 2.11. The van der Waals surface area contributed by atoms with Gasteiger partial charge in [-0.25, -0.2) is 9.18 Å². The highest BCUT2D eigenvalue weighted by atomic mass is 79.9. The third-order valence-electron chi connectivity index (χ3n) is 2.69. The predicted octanol–water partition coefficient (Wildman–Crippen LogP) is 3.40. The Balaban J connectivity index is 2.13. The first-order valence-electron chi connectivity index (χ1n) is 5.91. The fraction of sp³-hybridized carbons (Fsp3) is 0.0667. The predicted molar refractivity (Wildman–Crippen MR) is 78.8 cm³/mol. The van der Waals surface area contributed by atoms with Crippen molar-refractivity contribution in [2.45, 2.75) is 6.61 Å². The molecule has 106 valence electrons. The summed E-state index contributed by atoms with van der Waals surface area (Å²) in [6.07, 6.45) is 0. The lowest BCUT2D eigenvalue weighted by molar-refractivity contribution is 0.0469. The lowest BCUT2D eigenvalue weighted by atomic mass is 10.1. The molecule has 6 heteroatoms. The highest BCUT2D eigenvalue weighted by Crippen LogP contribution is 2.19. The van der Waals surface area contributed by atoms with E-state index in [1.54, 1.807) is 12.1 Å². The number of anilines is 1. The largest absolute Gasteiger partial charge is 0.457 e. The summed E-state index contributed by atoms with van der Waals surface area (Å²) < 4.78 is 19.2. The first kappa shape index (κ1) is 15.0. The zero-order chi connectivity index (χ0) is 15.4. The Morgan fingerprint density at radius 3 is 2.76 bits per heavy atom. The number of nitrogens with two attached hydrogens (primary N) is 1. The minimum Gasteiger partial charge on any atom is -0.457 e. The number of ether oxygens (including phenoxy) is 1. The Labute approximate surface area is 129 Å². The SMILES string of the molecule is N#Cc1ccc(F)c(COC(=O)c2cc(N)cc(Br)c2)c1. The molecule has 0 aliphatic heterocycles. The minimum atomic E-state index is -0.621. The molecule has 0 aromatic heterocycles. The summed E-state index contributed by atoms with van der Waals surface area (Å²) in [4.78, 5) is 11.9. The van der Waals surface area contributed by atoms with Crippen molar-refractivity contribution in [2.24, 2.45) is 0 Å². The van der Waals surface area contributed by atoms with Crippen LogP contribution in [0.4, 0.5) is 10.1 Å².